The molecule has 2 aromatic carbocycles. The van der Waals surface area contributed by atoms with Gasteiger partial charge in [-0.1, -0.05) is 23.6 Å². The van der Waals surface area contributed by atoms with Gasteiger partial charge in [-0.05, 0) is 87.3 Å². The highest BCUT2D eigenvalue weighted by atomic mass is 35.5. The molecule has 0 unspecified atom stereocenters. The molecule has 72 heavy (non-hydrogen) atoms. The summed E-state index contributed by atoms with van der Waals surface area (Å²) in [6.07, 6.45) is -12.1. The topological polar surface area (TPSA) is 201 Å². The minimum atomic E-state index is -5.22. The van der Waals surface area contributed by atoms with E-state index in [-0.39, 0.29) is 55.3 Å². The van der Waals surface area contributed by atoms with Crippen LogP contribution in [0.5, 0.6) is 0 Å². The zero-order valence-corrected chi connectivity index (χ0v) is 40.2. The summed E-state index contributed by atoms with van der Waals surface area (Å²) in [6, 6.07) is 4.41. The zero-order valence-electron chi connectivity index (χ0n) is 37.8. The van der Waals surface area contributed by atoms with Gasteiger partial charge in [0, 0.05) is 41.0 Å². The number of pyridine rings is 1. The van der Waals surface area contributed by atoms with Crippen molar-refractivity contribution in [1.29, 1.82) is 0 Å². The molecule has 3 atom stereocenters. The van der Waals surface area contributed by atoms with E-state index in [9.17, 15) is 61.5 Å². The Bertz CT molecular complexity index is 3340. The summed E-state index contributed by atoms with van der Waals surface area (Å²) in [6.45, 7) is -0.793. The molecule has 2 saturated carbocycles. The summed E-state index contributed by atoms with van der Waals surface area (Å²) < 4.78 is 203. The number of amides is 2. The standard InChI is InChI=1S/C44H39ClF10N8O7S2/c1-41(2,71(3,66)67)10-9-24-5-6-26(27-7-8-30(45)34-36(27)62(19-42(48,49)50)60-39(34)63(72(4,68)69)40(65)70-25-15-23(56)16-25)35(57-24)31(13-20-11-21(46)14-22(47)12-20)58-32(64)18-61-38-33(37(59-61)44(53,54)55)28-17-29(28)43(38,51)52/h5-8,11-12,14,23,25,28-29,31H,13,15-19,56H2,1-4H3,(H,58,64)/t23?,25?,28-,29+,31-/m0/s1. The SMILES string of the molecule is CC(C)(C#Cc1ccc(-c2ccc(Cl)c3c(N(C(=O)OC4CC(N)C4)S(C)(=O)=O)nn(CC(F)(F)F)c23)c([C@H](Cc2cc(F)cc(F)c2)NC(=O)Cn2nc(C(F)(F)F)c3c2C(F)(F)[C@@H]2C[C@H]32)n1)S(C)(=O)=O. The zero-order chi connectivity index (χ0) is 53.0. The summed E-state index contributed by atoms with van der Waals surface area (Å²) in [5.41, 5.74) is -0.0709. The van der Waals surface area contributed by atoms with Gasteiger partial charge in [-0.25, -0.2) is 35.4 Å². The predicted molar refractivity (Wildman–Crippen MR) is 238 cm³/mol. The Balaban J connectivity index is 1.35. The third kappa shape index (κ3) is 10.2. The molecule has 3 heterocycles. The fraction of sp³-hybridized carbons (Fsp3) is 0.432. The number of sulfone groups is 1. The van der Waals surface area contributed by atoms with Crippen molar-refractivity contribution < 1.29 is 75.1 Å². The number of aromatic nitrogens is 5. The van der Waals surface area contributed by atoms with Crippen LogP contribution < -0.4 is 15.4 Å². The van der Waals surface area contributed by atoms with E-state index in [1.54, 1.807) is 0 Å². The number of nitrogens with zero attached hydrogens (tertiary/aromatic N) is 6. The lowest BCUT2D eigenvalue weighted by molar-refractivity contribution is -0.143. The van der Waals surface area contributed by atoms with Crippen LogP contribution >= 0.6 is 11.6 Å². The van der Waals surface area contributed by atoms with E-state index in [1.165, 1.54) is 13.8 Å². The monoisotopic (exact) mass is 1080 g/mol. The second kappa shape index (κ2) is 17.9. The molecule has 3 aliphatic rings. The van der Waals surface area contributed by atoms with Gasteiger partial charge in [0.2, 0.25) is 15.9 Å². The molecule has 0 radical (unpaired) electrons. The lowest BCUT2D eigenvalue weighted by Gasteiger charge is -2.32. The molecule has 8 rings (SSSR count). The maximum atomic E-state index is 15.6. The minimum Gasteiger partial charge on any atom is -0.445 e. The van der Waals surface area contributed by atoms with Crippen LogP contribution in [-0.2, 0) is 61.0 Å². The summed E-state index contributed by atoms with van der Waals surface area (Å²) in [5, 5.41) is 8.68. The van der Waals surface area contributed by atoms with E-state index in [1.807, 2.05) is 0 Å². The van der Waals surface area contributed by atoms with Crippen molar-refractivity contribution >= 4 is 60.2 Å². The fourth-order valence-corrected chi connectivity index (χ4v) is 9.90. The Hall–Kier alpha value is -5.98. The van der Waals surface area contributed by atoms with Crippen molar-refractivity contribution in [2.75, 3.05) is 16.8 Å². The van der Waals surface area contributed by atoms with Crippen LogP contribution in [0.3, 0.4) is 0 Å². The molecular formula is C44H39ClF10N8O7S2. The molecule has 0 bridgehead atoms. The number of nitrogens with two attached hydrogens (primary N) is 1. The number of benzene rings is 2. The number of alkyl halides is 8. The molecule has 5 aromatic rings. The van der Waals surface area contributed by atoms with Gasteiger partial charge in [0.1, 0.15) is 47.0 Å². The third-order valence-electron chi connectivity index (χ3n) is 12.4. The maximum Gasteiger partial charge on any atom is 0.435 e. The number of carbonyl (C=O) groups excluding carboxylic acids is 2. The van der Waals surface area contributed by atoms with Gasteiger partial charge in [0.05, 0.1) is 33.9 Å². The van der Waals surface area contributed by atoms with Crippen LogP contribution in [0.2, 0.25) is 5.02 Å². The molecule has 15 nitrogen and oxygen atoms in total. The lowest BCUT2D eigenvalue weighted by Crippen LogP contribution is -2.46. The summed E-state index contributed by atoms with van der Waals surface area (Å²) in [4.78, 5) is 32.3. The Morgan fingerprint density at radius 2 is 1.60 bits per heavy atom. The number of nitrogens with one attached hydrogen (secondary N) is 1. The van der Waals surface area contributed by atoms with Crippen LogP contribution in [0.1, 0.15) is 79.0 Å². The Labute approximate surface area is 408 Å². The first kappa shape index (κ1) is 52.3. The highest BCUT2D eigenvalue weighted by molar-refractivity contribution is 7.93. The van der Waals surface area contributed by atoms with Crippen LogP contribution in [0.25, 0.3) is 22.0 Å². The van der Waals surface area contributed by atoms with E-state index in [0.29, 0.717) is 12.3 Å². The number of halogens is 11. The molecule has 28 heteroatoms. The van der Waals surface area contributed by atoms with Crippen molar-refractivity contribution in [2.24, 2.45) is 11.7 Å². The van der Waals surface area contributed by atoms with Gasteiger partial charge >= 0.3 is 18.4 Å². The van der Waals surface area contributed by atoms with Crippen LogP contribution in [-0.4, -0.2) is 89.0 Å². The van der Waals surface area contributed by atoms with Crippen molar-refractivity contribution in [2.45, 2.75) is 99.7 Å². The van der Waals surface area contributed by atoms with E-state index in [0.717, 1.165) is 42.7 Å². The van der Waals surface area contributed by atoms with Crippen molar-refractivity contribution in [3.63, 3.8) is 0 Å². The molecule has 386 valence electrons. The summed E-state index contributed by atoms with van der Waals surface area (Å²) in [5.74, 6) is -6.00. The summed E-state index contributed by atoms with van der Waals surface area (Å²) in [7, 11) is -8.72. The van der Waals surface area contributed by atoms with Crippen LogP contribution in [0, 0.1) is 29.4 Å². The second-order valence-corrected chi connectivity index (χ2v) is 23.1. The molecule has 3 N–H and O–H groups in total. The first-order valence-electron chi connectivity index (χ1n) is 21.4. The number of hydrogen-bond acceptors (Lipinski definition) is 11. The quantitative estimate of drug-likeness (QED) is 0.0917. The lowest BCUT2D eigenvalue weighted by atomic mass is 9.90. The highest BCUT2D eigenvalue weighted by Gasteiger charge is 2.68. The number of rotatable bonds is 12. The molecule has 0 saturated heterocycles. The average molecular weight is 1080 g/mol. The number of anilines is 1. The number of carbonyl (C=O) groups is 2. The first-order valence-corrected chi connectivity index (χ1v) is 25.5. The molecule has 3 aromatic heterocycles. The maximum absolute atomic E-state index is 15.6. The Morgan fingerprint density at radius 3 is 2.18 bits per heavy atom. The van der Waals surface area contributed by atoms with Crippen LogP contribution in [0.4, 0.5) is 54.5 Å². The molecule has 3 aliphatic carbocycles. The van der Waals surface area contributed by atoms with E-state index in [4.69, 9.17) is 22.1 Å². The fourth-order valence-electron chi connectivity index (χ4n) is 8.67. The van der Waals surface area contributed by atoms with Gasteiger partial charge in [-0.15, -0.1) is 0 Å². The summed E-state index contributed by atoms with van der Waals surface area (Å²) >= 11 is 6.63. The predicted octanol–water partition coefficient (Wildman–Crippen LogP) is 7.68. The largest absolute Gasteiger partial charge is 0.445 e. The van der Waals surface area contributed by atoms with Gasteiger partial charge in [-0.3, -0.25) is 14.2 Å². The molecule has 2 amide bonds. The van der Waals surface area contributed by atoms with E-state index in [2.05, 4.69) is 32.3 Å². The van der Waals surface area contributed by atoms with Gasteiger partial charge in [0.25, 0.3) is 5.92 Å². The normalized spacial score (nSPS) is 19.9. The molecule has 2 fully saturated rings. The minimum absolute atomic E-state index is 0.00611. The number of hydrogen-bond donors (Lipinski definition) is 2. The average Bonchev–Trinajstić information content (AvgIpc) is 3.73. The van der Waals surface area contributed by atoms with E-state index < -0.39 is 160 Å². The molecular weight excluding hydrogens is 1040 g/mol. The van der Waals surface area contributed by atoms with Crippen molar-refractivity contribution in [3.8, 4) is 23.0 Å². The number of ether oxygens (including phenoxy) is 1. The van der Waals surface area contributed by atoms with Crippen molar-refractivity contribution in [3.05, 3.63) is 93.0 Å². The molecule has 0 aliphatic heterocycles. The van der Waals surface area contributed by atoms with Gasteiger partial charge in [-0.2, -0.15) is 49.6 Å². The smallest absolute Gasteiger partial charge is 0.435 e. The highest BCUT2D eigenvalue weighted by Crippen LogP contribution is 2.68. The van der Waals surface area contributed by atoms with Crippen LogP contribution in [0.15, 0.2) is 42.5 Å². The molecule has 0 spiro atoms. The number of fused-ring (bicyclic) bond motifs is 4. The first-order chi connectivity index (χ1) is 33.1. The van der Waals surface area contributed by atoms with Gasteiger partial charge in [0.15, 0.2) is 21.3 Å². The number of sulfonamides is 1. The second-order valence-electron chi connectivity index (χ2n) is 18.3. The third-order valence-corrected chi connectivity index (χ3v) is 15.7. The Kier molecular flexibility index (Phi) is 13.0. The van der Waals surface area contributed by atoms with E-state index >= 15 is 8.78 Å². The Morgan fingerprint density at radius 1 is 0.958 bits per heavy atom. The van der Waals surface area contributed by atoms with Gasteiger partial charge < -0.3 is 15.8 Å². The van der Waals surface area contributed by atoms with Crippen molar-refractivity contribution in [1.82, 2.24) is 29.9 Å².